The van der Waals surface area contributed by atoms with Crippen molar-refractivity contribution in [3.05, 3.63) is 0 Å². The molecule has 0 amide bonds. The highest BCUT2D eigenvalue weighted by Gasteiger charge is 2.19. The summed E-state index contributed by atoms with van der Waals surface area (Å²) in [5.74, 6) is 0. The van der Waals surface area contributed by atoms with Gasteiger partial charge in [0.05, 0.1) is 19.8 Å². The minimum Gasteiger partial charge on any atom is -0.376 e. The lowest BCUT2D eigenvalue weighted by molar-refractivity contribution is -0.132. The second-order valence-electron chi connectivity index (χ2n) is 2.89. The molecule has 3 nitrogen and oxygen atoms in total. The first-order valence-electron chi connectivity index (χ1n) is 4.23. The van der Waals surface area contributed by atoms with Crippen LogP contribution in [0.15, 0.2) is 0 Å². The molecule has 0 spiro atoms. The minimum absolute atomic E-state index is 0.359. The molecule has 1 fully saturated rings. The van der Waals surface area contributed by atoms with Gasteiger partial charge in [0, 0.05) is 6.04 Å². The van der Waals surface area contributed by atoms with E-state index >= 15 is 0 Å². The van der Waals surface area contributed by atoms with Crippen molar-refractivity contribution in [2.75, 3.05) is 26.9 Å². The average molecular weight is 159 g/mol. The zero-order valence-corrected chi connectivity index (χ0v) is 7.30. The van der Waals surface area contributed by atoms with Gasteiger partial charge in [-0.2, -0.15) is 0 Å². The van der Waals surface area contributed by atoms with Crippen LogP contribution in [0.1, 0.15) is 13.3 Å². The van der Waals surface area contributed by atoms with Gasteiger partial charge in [0.2, 0.25) is 0 Å². The Labute approximate surface area is 68.1 Å². The Kier molecular flexibility index (Phi) is 3.83. The molecule has 1 rings (SSSR count). The molecule has 1 heterocycles. The normalized spacial score (nSPS) is 21.3. The van der Waals surface area contributed by atoms with Crippen molar-refractivity contribution < 1.29 is 9.47 Å². The van der Waals surface area contributed by atoms with E-state index in [9.17, 15) is 0 Å². The van der Waals surface area contributed by atoms with E-state index in [2.05, 4.69) is 12.2 Å². The van der Waals surface area contributed by atoms with Gasteiger partial charge in [0.15, 0.2) is 0 Å². The van der Waals surface area contributed by atoms with E-state index in [1.54, 1.807) is 0 Å². The lowest BCUT2D eigenvalue weighted by atomic mass is 10.2. The molecule has 0 bridgehead atoms. The Morgan fingerprint density at radius 2 is 2.36 bits per heavy atom. The summed E-state index contributed by atoms with van der Waals surface area (Å²) in [6, 6.07) is 0.496. The van der Waals surface area contributed by atoms with Crippen molar-refractivity contribution in [1.82, 2.24) is 5.32 Å². The second-order valence-corrected chi connectivity index (χ2v) is 2.89. The molecule has 3 heteroatoms. The third-order valence-electron chi connectivity index (χ3n) is 2.04. The highest BCUT2D eigenvalue weighted by molar-refractivity contribution is 4.67. The summed E-state index contributed by atoms with van der Waals surface area (Å²) < 4.78 is 10.5. The number of likely N-dealkylation sites (N-methyl/N-ethyl adjacent to an activating group) is 1. The Hall–Kier alpha value is -0.120. The van der Waals surface area contributed by atoms with Crippen molar-refractivity contribution in [2.24, 2.45) is 0 Å². The lowest BCUT2D eigenvalue weighted by Gasteiger charge is -2.27. The van der Waals surface area contributed by atoms with Gasteiger partial charge >= 0.3 is 0 Å². The Morgan fingerprint density at radius 1 is 1.64 bits per heavy atom. The van der Waals surface area contributed by atoms with E-state index in [1.807, 2.05) is 7.05 Å². The van der Waals surface area contributed by atoms with E-state index in [-0.39, 0.29) is 0 Å². The molecule has 11 heavy (non-hydrogen) atoms. The second kappa shape index (κ2) is 4.70. The highest BCUT2D eigenvalue weighted by Crippen LogP contribution is 2.06. The maximum absolute atomic E-state index is 5.53. The quantitative estimate of drug-likeness (QED) is 0.630. The third-order valence-corrected chi connectivity index (χ3v) is 2.04. The molecule has 0 radical (unpaired) electrons. The van der Waals surface area contributed by atoms with Gasteiger partial charge in [-0.05, 0) is 13.5 Å². The molecule has 1 aliphatic rings. The molecular formula is C8H17NO2. The highest BCUT2D eigenvalue weighted by atomic mass is 16.6. The SMILES string of the molecule is CCC(COC1COC1)NC. The van der Waals surface area contributed by atoms with Gasteiger partial charge in [-0.15, -0.1) is 0 Å². The molecule has 0 aromatic heterocycles. The summed E-state index contributed by atoms with van der Waals surface area (Å²) in [5.41, 5.74) is 0. The van der Waals surface area contributed by atoms with E-state index in [0.717, 1.165) is 26.2 Å². The number of ether oxygens (including phenoxy) is 2. The molecule has 0 saturated carbocycles. The van der Waals surface area contributed by atoms with Crippen LogP contribution in [0.2, 0.25) is 0 Å². The zero-order valence-electron chi connectivity index (χ0n) is 7.30. The fourth-order valence-electron chi connectivity index (χ4n) is 0.968. The number of hydrogen-bond acceptors (Lipinski definition) is 3. The molecule has 0 aliphatic carbocycles. The van der Waals surface area contributed by atoms with Gasteiger partial charge in [-0.1, -0.05) is 6.92 Å². The monoisotopic (exact) mass is 159 g/mol. The maximum atomic E-state index is 5.53. The summed E-state index contributed by atoms with van der Waals surface area (Å²) in [6.07, 6.45) is 1.47. The molecule has 1 unspecified atom stereocenters. The molecule has 1 aliphatic heterocycles. The standard InChI is InChI=1S/C8H17NO2/c1-3-7(9-2)4-11-8-5-10-6-8/h7-9H,3-6H2,1-2H3. The summed E-state index contributed by atoms with van der Waals surface area (Å²) in [5, 5.41) is 3.19. The van der Waals surface area contributed by atoms with Gasteiger partial charge in [0.1, 0.15) is 6.10 Å². The molecule has 1 saturated heterocycles. The average Bonchev–Trinajstić information content (AvgIpc) is 1.95. The lowest BCUT2D eigenvalue weighted by Crippen LogP contribution is -2.40. The van der Waals surface area contributed by atoms with Crippen molar-refractivity contribution in [3.63, 3.8) is 0 Å². The Balaban J connectivity index is 1.99. The van der Waals surface area contributed by atoms with Gasteiger partial charge in [0.25, 0.3) is 0 Å². The van der Waals surface area contributed by atoms with Crippen LogP contribution in [-0.2, 0) is 9.47 Å². The summed E-state index contributed by atoms with van der Waals surface area (Å²) in [7, 11) is 1.97. The fraction of sp³-hybridized carbons (Fsp3) is 1.00. The first-order valence-corrected chi connectivity index (χ1v) is 4.23. The Bertz CT molecular complexity index is 100. The predicted octanol–water partition coefficient (Wildman–Crippen LogP) is 0.400. The van der Waals surface area contributed by atoms with Crippen LogP contribution in [0.5, 0.6) is 0 Å². The van der Waals surface area contributed by atoms with Gasteiger partial charge < -0.3 is 14.8 Å². The van der Waals surface area contributed by atoms with Crippen LogP contribution in [0.4, 0.5) is 0 Å². The molecule has 0 aromatic rings. The van der Waals surface area contributed by atoms with Crippen LogP contribution in [-0.4, -0.2) is 39.0 Å². The van der Waals surface area contributed by atoms with Crippen molar-refractivity contribution in [2.45, 2.75) is 25.5 Å². The van der Waals surface area contributed by atoms with E-state index in [4.69, 9.17) is 9.47 Å². The molecule has 66 valence electrons. The number of rotatable bonds is 5. The van der Waals surface area contributed by atoms with Crippen molar-refractivity contribution in [1.29, 1.82) is 0 Å². The first kappa shape index (κ1) is 8.97. The van der Waals surface area contributed by atoms with Crippen LogP contribution in [0, 0.1) is 0 Å². The van der Waals surface area contributed by atoms with Crippen LogP contribution in [0.3, 0.4) is 0 Å². The minimum atomic E-state index is 0.359. The van der Waals surface area contributed by atoms with Crippen LogP contribution >= 0.6 is 0 Å². The summed E-state index contributed by atoms with van der Waals surface area (Å²) in [4.78, 5) is 0. The third kappa shape index (κ3) is 2.77. The largest absolute Gasteiger partial charge is 0.376 e. The zero-order chi connectivity index (χ0) is 8.10. The van der Waals surface area contributed by atoms with E-state index < -0.39 is 0 Å². The van der Waals surface area contributed by atoms with Gasteiger partial charge in [-0.3, -0.25) is 0 Å². The van der Waals surface area contributed by atoms with Crippen molar-refractivity contribution >= 4 is 0 Å². The summed E-state index contributed by atoms with van der Waals surface area (Å²) >= 11 is 0. The Morgan fingerprint density at radius 3 is 2.73 bits per heavy atom. The fourth-order valence-corrected chi connectivity index (χ4v) is 0.968. The predicted molar refractivity (Wildman–Crippen MR) is 43.7 cm³/mol. The molecule has 0 aromatic carbocycles. The number of hydrogen-bond donors (Lipinski definition) is 1. The van der Waals surface area contributed by atoms with Crippen LogP contribution < -0.4 is 5.32 Å². The van der Waals surface area contributed by atoms with E-state index in [1.165, 1.54) is 0 Å². The molecule has 1 N–H and O–H groups in total. The smallest absolute Gasteiger partial charge is 0.104 e. The molecular weight excluding hydrogens is 142 g/mol. The van der Waals surface area contributed by atoms with Crippen LogP contribution in [0.25, 0.3) is 0 Å². The topological polar surface area (TPSA) is 30.5 Å². The first-order chi connectivity index (χ1) is 5.36. The molecule has 1 atom stereocenters. The van der Waals surface area contributed by atoms with Crippen molar-refractivity contribution in [3.8, 4) is 0 Å². The maximum Gasteiger partial charge on any atom is 0.104 e. The van der Waals surface area contributed by atoms with E-state index in [0.29, 0.717) is 12.1 Å². The van der Waals surface area contributed by atoms with Gasteiger partial charge in [-0.25, -0.2) is 0 Å². The summed E-state index contributed by atoms with van der Waals surface area (Å²) in [6.45, 7) is 4.52. The number of nitrogens with one attached hydrogen (secondary N) is 1.